The van der Waals surface area contributed by atoms with E-state index in [1.165, 1.54) is 36.4 Å². The minimum Gasteiger partial charge on any atom is -0.478 e. The van der Waals surface area contributed by atoms with Crippen molar-refractivity contribution in [2.45, 2.75) is 49.6 Å². The molecule has 0 heterocycles. The second kappa shape index (κ2) is 10.8. The number of nitrogens with one attached hydrogen (secondary N) is 1. The van der Waals surface area contributed by atoms with E-state index >= 15 is 0 Å². The molecule has 0 bridgehead atoms. The van der Waals surface area contributed by atoms with Crippen molar-refractivity contribution >= 4 is 22.1 Å². The van der Waals surface area contributed by atoms with E-state index < -0.39 is 22.1 Å². The predicted octanol–water partition coefficient (Wildman–Crippen LogP) is 2.94. The molecule has 1 unspecified atom stereocenters. The summed E-state index contributed by atoms with van der Waals surface area (Å²) < 4.78 is 26.9. The van der Waals surface area contributed by atoms with E-state index in [1.54, 1.807) is 12.1 Å². The molecule has 8 heteroatoms. The van der Waals surface area contributed by atoms with Gasteiger partial charge in [0.1, 0.15) is 0 Å². The number of aliphatic hydroxyl groups excluding tert-OH is 1. The van der Waals surface area contributed by atoms with E-state index in [1.807, 2.05) is 0 Å². The molecule has 2 aromatic carbocycles. The maximum Gasteiger partial charge on any atom is 0.328 e. The molecule has 0 radical (unpaired) electrons. The smallest absolute Gasteiger partial charge is 0.328 e. The van der Waals surface area contributed by atoms with Crippen LogP contribution >= 0.6 is 0 Å². The third-order valence-corrected chi connectivity index (χ3v) is 8.06. The van der Waals surface area contributed by atoms with Crippen molar-refractivity contribution in [3.8, 4) is 0 Å². The first-order valence-electron chi connectivity index (χ1n) is 11.4. The summed E-state index contributed by atoms with van der Waals surface area (Å²) in [7, 11) is -2.34. The normalized spacial score (nSPS) is 15.7. The quantitative estimate of drug-likeness (QED) is 0.422. The van der Waals surface area contributed by atoms with Gasteiger partial charge in [-0.2, -0.15) is 4.31 Å². The van der Waals surface area contributed by atoms with Crippen LogP contribution in [-0.2, 0) is 27.7 Å². The predicted molar refractivity (Wildman–Crippen MR) is 133 cm³/mol. The Labute approximate surface area is 202 Å². The molecule has 0 aliphatic heterocycles. The molecule has 3 rings (SSSR count). The Hall–Kier alpha value is -2.52. The number of carboxylic acid groups (broad SMARTS) is 1. The molecule has 0 amide bonds. The highest BCUT2D eigenvalue weighted by molar-refractivity contribution is 7.89. The van der Waals surface area contributed by atoms with Crippen LogP contribution in [-0.4, -0.2) is 60.7 Å². The van der Waals surface area contributed by atoms with E-state index in [9.17, 15) is 18.3 Å². The molecule has 184 valence electrons. The lowest BCUT2D eigenvalue weighted by Gasteiger charge is -2.31. The number of fused-ring (bicyclic) bond motifs is 1. The molecular weight excluding hydrogens is 452 g/mol. The molecule has 1 aliphatic rings. The van der Waals surface area contributed by atoms with Crippen molar-refractivity contribution in [1.29, 1.82) is 0 Å². The molecule has 0 aromatic heterocycles. The van der Waals surface area contributed by atoms with Crippen LogP contribution in [0.3, 0.4) is 0 Å². The van der Waals surface area contributed by atoms with Crippen molar-refractivity contribution in [2.75, 3.05) is 20.1 Å². The van der Waals surface area contributed by atoms with Gasteiger partial charge in [0.25, 0.3) is 0 Å². The number of benzene rings is 2. The molecular formula is C26H34N2O5S. The molecule has 0 fully saturated rings. The Morgan fingerprint density at radius 3 is 2.29 bits per heavy atom. The first kappa shape index (κ1) is 26.1. The zero-order valence-electron chi connectivity index (χ0n) is 19.9. The van der Waals surface area contributed by atoms with Gasteiger partial charge in [0.15, 0.2) is 0 Å². The summed E-state index contributed by atoms with van der Waals surface area (Å²) in [4.78, 5) is 10.7. The molecule has 1 aliphatic carbocycles. The molecule has 1 atom stereocenters. The number of carboxylic acids is 1. The average Bonchev–Trinajstić information content (AvgIpc) is 3.18. The SMILES string of the molecule is CN(CC(O)CNC(C)(C)CC1Cc2ccccc2C1)S(=O)(=O)c1ccc(/C=C/C(=O)O)cc1. The molecule has 7 nitrogen and oxygen atoms in total. The van der Waals surface area contributed by atoms with Crippen LogP contribution in [0.4, 0.5) is 0 Å². The summed E-state index contributed by atoms with van der Waals surface area (Å²) in [6.07, 6.45) is 4.62. The summed E-state index contributed by atoms with van der Waals surface area (Å²) in [5.74, 6) is -0.524. The monoisotopic (exact) mass is 486 g/mol. The summed E-state index contributed by atoms with van der Waals surface area (Å²) in [6, 6.07) is 14.5. The maximum atomic E-state index is 12.9. The molecule has 34 heavy (non-hydrogen) atoms. The number of hydrogen-bond donors (Lipinski definition) is 3. The van der Waals surface area contributed by atoms with Gasteiger partial charge in [0, 0.05) is 31.8 Å². The fourth-order valence-corrected chi connectivity index (χ4v) is 5.75. The number of rotatable bonds is 11. The minimum atomic E-state index is -3.78. The second-order valence-corrected chi connectivity index (χ2v) is 11.7. The van der Waals surface area contributed by atoms with Crippen LogP contribution in [0.25, 0.3) is 6.08 Å². The Kier molecular flexibility index (Phi) is 8.30. The molecule has 0 saturated carbocycles. The minimum absolute atomic E-state index is 0.0407. The topological polar surface area (TPSA) is 107 Å². The maximum absolute atomic E-state index is 12.9. The third kappa shape index (κ3) is 6.99. The fraction of sp³-hybridized carbons (Fsp3) is 0.423. The van der Waals surface area contributed by atoms with Crippen molar-refractivity contribution in [3.63, 3.8) is 0 Å². The summed E-state index contributed by atoms with van der Waals surface area (Å²) in [5, 5.41) is 22.6. The third-order valence-electron chi connectivity index (χ3n) is 6.23. The lowest BCUT2D eigenvalue weighted by molar-refractivity contribution is -0.131. The largest absolute Gasteiger partial charge is 0.478 e. The van der Waals surface area contributed by atoms with Gasteiger partial charge in [-0.05, 0) is 73.9 Å². The molecule has 0 spiro atoms. The molecule has 2 aromatic rings. The Morgan fingerprint density at radius 1 is 1.15 bits per heavy atom. The van der Waals surface area contributed by atoms with Gasteiger partial charge in [-0.25, -0.2) is 13.2 Å². The van der Waals surface area contributed by atoms with Gasteiger partial charge in [-0.15, -0.1) is 0 Å². The van der Waals surface area contributed by atoms with Gasteiger partial charge in [0.05, 0.1) is 11.0 Å². The number of aliphatic hydroxyl groups is 1. The molecule has 0 saturated heterocycles. The number of β-amino-alcohol motifs (C(OH)–C–C–N with tert-alkyl or cyclic N) is 1. The van der Waals surface area contributed by atoms with E-state index in [0.717, 1.165) is 29.6 Å². The zero-order chi connectivity index (χ0) is 24.9. The standard InChI is InChI=1S/C26H34N2O5S/c1-26(2,16-20-14-21-6-4-5-7-22(21)15-20)27-17-23(29)18-28(3)34(32,33)24-11-8-19(9-12-24)10-13-25(30)31/h4-13,20,23,27,29H,14-18H2,1-3H3,(H,30,31)/b13-10+. The Balaban J connectivity index is 1.50. The Morgan fingerprint density at radius 2 is 1.74 bits per heavy atom. The highest BCUT2D eigenvalue weighted by Gasteiger charge is 2.29. The highest BCUT2D eigenvalue weighted by Crippen LogP contribution is 2.31. The van der Waals surface area contributed by atoms with Crippen molar-refractivity contribution in [1.82, 2.24) is 9.62 Å². The number of likely N-dealkylation sites (N-methyl/N-ethyl adjacent to an activating group) is 1. The van der Waals surface area contributed by atoms with Crippen LogP contribution < -0.4 is 5.32 Å². The number of hydrogen-bond acceptors (Lipinski definition) is 5. The van der Waals surface area contributed by atoms with E-state index in [4.69, 9.17) is 5.11 Å². The van der Waals surface area contributed by atoms with Crippen LogP contribution in [0.5, 0.6) is 0 Å². The van der Waals surface area contributed by atoms with Crippen LogP contribution in [0, 0.1) is 5.92 Å². The van der Waals surface area contributed by atoms with Crippen molar-refractivity contribution in [2.24, 2.45) is 5.92 Å². The van der Waals surface area contributed by atoms with Crippen LogP contribution in [0.2, 0.25) is 0 Å². The van der Waals surface area contributed by atoms with Gasteiger partial charge >= 0.3 is 5.97 Å². The van der Waals surface area contributed by atoms with Gasteiger partial charge in [-0.1, -0.05) is 36.4 Å². The van der Waals surface area contributed by atoms with E-state index in [0.29, 0.717) is 11.5 Å². The summed E-state index contributed by atoms with van der Waals surface area (Å²) in [5.41, 5.74) is 3.23. The van der Waals surface area contributed by atoms with Gasteiger partial charge in [-0.3, -0.25) is 0 Å². The van der Waals surface area contributed by atoms with Crippen molar-refractivity contribution < 1.29 is 23.4 Å². The Bertz CT molecular complexity index is 1100. The highest BCUT2D eigenvalue weighted by atomic mass is 32.2. The average molecular weight is 487 g/mol. The fourth-order valence-electron chi connectivity index (χ4n) is 4.54. The van der Waals surface area contributed by atoms with Gasteiger partial charge < -0.3 is 15.5 Å². The van der Waals surface area contributed by atoms with Crippen LogP contribution in [0.15, 0.2) is 59.5 Å². The first-order chi connectivity index (χ1) is 16.0. The number of carbonyl (C=O) groups is 1. The van der Waals surface area contributed by atoms with E-state index in [2.05, 4.69) is 43.4 Å². The number of nitrogens with zero attached hydrogens (tertiary/aromatic N) is 1. The number of aliphatic carboxylic acids is 1. The van der Waals surface area contributed by atoms with Gasteiger partial charge in [0.2, 0.25) is 10.0 Å². The summed E-state index contributed by atoms with van der Waals surface area (Å²) >= 11 is 0. The summed E-state index contributed by atoms with van der Waals surface area (Å²) in [6.45, 7) is 4.47. The molecule has 3 N–H and O–H groups in total. The van der Waals surface area contributed by atoms with Crippen molar-refractivity contribution in [3.05, 3.63) is 71.3 Å². The van der Waals surface area contributed by atoms with Crippen LogP contribution in [0.1, 0.15) is 37.0 Å². The number of sulfonamides is 1. The van der Waals surface area contributed by atoms with E-state index in [-0.39, 0.29) is 23.5 Å². The zero-order valence-corrected chi connectivity index (χ0v) is 20.8. The first-order valence-corrected chi connectivity index (χ1v) is 12.9. The lowest BCUT2D eigenvalue weighted by atomic mass is 9.88. The second-order valence-electron chi connectivity index (χ2n) is 9.69. The lowest BCUT2D eigenvalue weighted by Crippen LogP contribution is -2.47.